The highest BCUT2D eigenvalue weighted by Crippen LogP contribution is 2.31. The lowest BCUT2D eigenvalue weighted by Crippen LogP contribution is -1.88. The van der Waals surface area contributed by atoms with E-state index in [1.807, 2.05) is 0 Å². The van der Waals surface area contributed by atoms with E-state index in [4.69, 9.17) is 0 Å². The summed E-state index contributed by atoms with van der Waals surface area (Å²) in [6.07, 6.45) is 0. The predicted octanol–water partition coefficient (Wildman–Crippen LogP) is 3.95. The summed E-state index contributed by atoms with van der Waals surface area (Å²) in [4.78, 5) is 0. The van der Waals surface area contributed by atoms with Crippen LogP contribution in [0.2, 0.25) is 0 Å². The molecule has 0 fully saturated rings. The quantitative estimate of drug-likeness (QED) is 0.528. The van der Waals surface area contributed by atoms with Crippen LogP contribution in [0.3, 0.4) is 0 Å². The maximum atomic E-state index is 2.30. The molecule has 0 spiro atoms. The van der Waals surface area contributed by atoms with Gasteiger partial charge in [-0.05, 0) is 31.0 Å². The molecule has 0 amide bonds. The normalized spacial score (nSPS) is 11.4. The zero-order valence-electron chi connectivity index (χ0n) is 9.91. The van der Waals surface area contributed by atoms with Crippen molar-refractivity contribution >= 4 is 21.8 Å². The Kier molecular flexibility index (Phi) is 1.84. The fraction of sp³-hybridized carbons (Fsp3) is 0.200. The van der Waals surface area contributed by atoms with Gasteiger partial charge in [0.2, 0.25) is 0 Å². The molecular formula is C15H15N. The maximum Gasteiger partial charge on any atom is 0.0518 e. The zero-order valence-corrected chi connectivity index (χ0v) is 9.91. The largest absolute Gasteiger partial charge is 0.343 e. The summed E-state index contributed by atoms with van der Waals surface area (Å²) in [6, 6.07) is 13.1. The minimum atomic E-state index is 1.32. The molecule has 0 N–H and O–H groups in total. The first kappa shape index (κ1) is 9.46. The number of aromatic nitrogens is 1. The van der Waals surface area contributed by atoms with E-state index in [0.717, 1.165) is 0 Å². The van der Waals surface area contributed by atoms with E-state index in [-0.39, 0.29) is 0 Å². The molecule has 0 radical (unpaired) electrons. The second-order valence-corrected chi connectivity index (χ2v) is 4.50. The summed E-state index contributed by atoms with van der Waals surface area (Å²) in [5.74, 6) is 0. The van der Waals surface area contributed by atoms with Crippen LogP contribution in [0.15, 0.2) is 36.4 Å². The molecule has 0 aliphatic rings. The van der Waals surface area contributed by atoms with Gasteiger partial charge in [-0.3, -0.25) is 0 Å². The van der Waals surface area contributed by atoms with Crippen LogP contribution in [-0.2, 0) is 7.05 Å². The molecule has 2 aromatic carbocycles. The molecule has 0 aliphatic heterocycles. The van der Waals surface area contributed by atoms with E-state index in [0.29, 0.717) is 0 Å². The lowest BCUT2D eigenvalue weighted by molar-refractivity contribution is 1.01. The molecule has 0 saturated carbocycles. The summed E-state index contributed by atoms with van der Waals surface area (Å²) >= 11 is 0. The Morgan fingerprint density at radius 1 is 0.875 bits per heavy atom. The number of rotatable bonds is 0. The standard InChI is InChI=1S/C15H15N/c1-10-6-5-9-13-14(10)12-8-4-7-11(2)15(12)16(13)3/h4-9H,1-3H3. The molecule has 0 unspecified atom stereocenters. The third-order valence-electron chi connectivity index (χ3n) is 3.45. The molecule has 1 heteroatoms. The van der Waals surface area contributed by atoms with E-state index < -0.39 is 0 Å². The number of benzene rings is 2. The molecule has 0 bridgehead atoms. The Morgan fingerprint density at radius 3 is 2.38 bits per heavy atom. The second-order valence-electron chi connectivity index (χ2n) is 4.50. The van der Waals surface area contributed by atoms with Crippen molar-refractivity contribution < 1.29 is 0 Å². The van der Waals surface area contributed by atoms with E-state index in [9.17, 15) is 0 Å². The molecule has 3 rings (SSSR count). The first-order valence-electron chi connectivity index (χ1n) is 5.63. The third-order valence-corrected chi connectivity index (χ3v) is 3.45. The van der Waals surface area contributed by atoms with Crippen LogP contribution in [0.25, 0.3) is 21.8 Å². The highest BCUT2D eigenvalue weighted by Gasteiger charge is 2.10. The highest BCUT2D eigenvalue weighted by molar-refractivity contribution is 6.10. The van der Waals surface area contributed by atoms with Crippen LogP contribution in [-0.4, -0.2) is 4.57 Å². The van der Waals surface area contributed by atoms with Crippen molar-refractivity contribution in [3.05, 3.63) is 47.5 Å². The van der Waals surface area contributed by atoms with Crippen LogP contribution in [0.1, 0.15) is 11.1 Å². The SMILES string of the molecule is Cc1cccc2c1c1cccc(C)c1n2C. The van der Waals surface area contributed by atoms with E-state index in [2.05, 4.69) is 61.9 Å². The fourth-order valence-electron chi connectivity index (χ4n) is 2.71. The maximum absolute atomic E-state index is 2.30. The predicted molar refractivity (Wildman–Crippen MR) is 69.9 cm³/mol. The molecule has 1 aromatic heterocycles. The Morgan fingerprint density at radius 2 is 1.56 bits per heavy atom. The number of aryl methyl sites for hydroxylation is 3. The molecular weight excluding hydrogens is 194 g/mol. The lowest BCUT2D eigenvalue weighted by atomic mass is 10.1. The van der Waals surface area contributed by atoms with Gasteiger partial charge < -0.3 is 4.57 Å². The summed E-state index contributed by atoms with van der Waals surface area (Å²) < 4.78 is 2.30. The van der Waals surface area contributed by atoms with Gasteiger partial charge in [-0.15, -0.1) is 0 Å². The number of para-hydroxylation sites is 1. The van der Waals surface area contributed by atoms with Crippen molar-refractivity contribution in [3.63, 3.8) is 0 Å². The number of hydrogen-bond acceptors (Lipinski definition) is 0. The molecule has 0 saturated heterocycles. The van der Waals surface area contributed by atoms with E-state index >= 15 is 0 Å². The third kappa shape index (κ3) is 1.06. The summed E-state index contributed by atoms with van der Waals surface area (Å²) in [5.41, 5.74) is 5.38. The number of hydrogen-bond donors (Lipinski definition) is 0. The van der Waals surface area contributed by atoms with Crippen molar-refractivity contribution in [2.45, 2.75) is 13.8 Å². The Balaban J connectivity index is 2.71. The van der Waals surface area contributed by atoms with Crippen LogP contribution in [0.5, 0.6) is 0 Å². The first-order valence-corrected chi connectivity index (χ1v) is 5.63. The van der Waals surface area contributed by atoms with Crippen LogP contribution in [0, 0.1) is 13.8 Å². The topological polar surface area (TPSA) is 4.93 Å². The van der Waals surface area contributed by atoms with Crippen molar-refractivity contribution in [2.24, 2.45) is 7.05 Å². The molecule has 0 aliphatic carbocycles. The Hall–Kier alpha value is -1.76. The Bertz CT molecular complexity index is 689. The van der Waals surface area contributed by atoms with Gasteiger partial charge in [-0.1, -0.05) is 30.3 Å². The molecule has 3 aromatic rings. The summed E-state index contributed by atoms with van der Waals surface area (Å²) in [5, 5.41) is 2.76. The van der Waals surface area contributed by atoms with E-state index in [1.165, 1.54) is 32.9 Å². The smallest absolute Gasteiger partial charge is 0.0518 e. The second kappa shape index (κ2) is 3.11. The summed E-state index contributed by atoms with van der Waals surface area (Å²) in [7, 11) is 2.15. The van der Waals surface area contributed by atoms with Gasteiger partial charge in [-0.25, -0.2) is 0 Å². The Labute approximate surface area is 95.3 Å². The van der Waals surface area contributed by atoms with Gasteiger partial charge in [0.15, 0.2) is 0 Å². The minimum Gasteiger partial charge on any atom is -0.343 e. The molecule has 0 atom stereocenters. The van der Waals surface area contributed by atoms with Crippen LogP contribution < -0.4 is 0 Å². The number of fused-ring (bicyclic) bond motifs is 3. The van der Waals surface area contributed by atoms with Gasteiger partial charge in [0.05, 0.1) is 5.52 Å². The lowest BCUT2D eigenvalue weighted by Gasteiger charge is -2.00. The monoisotopic (exact) mass is 209 g/mol. The van der Waals surface area contributed by atoms with Crippen LogP contribution in [0.4, 0.5) is 0 Å². The fourth-order valence-corrected chi connectivity index (χ4v) is 2.71. The molecule has 80 valence electrons. The molecule has 1 nitrogen and oxygen atoms in total. The average Bonchev–Trinajstić information content (AvgIpc) is 2.56. The highest BCUT2D eigenvalue weighted by atomic mass is 14.9. The minimum absolute atomic E-state index is 1.32. The molecule has 1 heterocycles. The van der Waals surface area contributed by atoms with Gasteiger partial charge in [0, 0.05) is 23.3 Å². The van der Waals surface area contributed by atoms with Crippen molar-refractivity contribution in [2.75, 3.05) is 0 Å². The van der Waals surface area contributed by atoms with Crippen molar-refractivity contribution in [1.29, 1.82) is 0 Å². The molecule has 16 heavy (non-hydrogen) atoms. The van der Waals surface area contributed by atoms with Crippen molar-refractivity contribution in [3.8, 4) is 0 Å². The van der Waals surface area contributed by atoms with Gasteiger partial charge in [0.25, 0.3) is 0 Å². The number of nitrogens with zero attached hydrogens (tertiary/aromatic N) is 1. The van der Waals surface area contributed by atoms with Crippen molar-refractivity contribution in [1.82, 2.24) is 4.57 Å². The van der Waals surface area contributed by atoms with Gasteiger partial charge >= 0.3 is 0 Å². The first-order chi connectivity index (χ1) is 7.70. The summed E-state index contributed by atoms with van der Waals surface area (Å²) in [6.45, 7) is 4.36. The zero-order chi connectivity index (χ0) is 11.3. The van der Waals surface area contributed by atoms with E-state index in [1.54, 1.807) is 0 Å². The average molecular weight is 209 g/mol. The van der Waals surface area contributed by atoms with Crippen LogP contribution >= 0.6 is 0 Å². The van der Waals surface area contributed by atoms with Gasteiger partial charge in [0.1, 0.15) is 0 Å². The van der Waals surface area contributed by atoms with Gasteiger partial charge in [-0.2, -0.15) is 0 Å².